The van der Waals surface area contributed by atoms with Gasteiger partial charge in [0.25, 0.3) is 0 Å². The first-order valence-corrected chi connectivity index (χ1v) is 8.78. The maximum Gasteiger partial charge on any atom is 0.407 e. The number of nitrogens with one attached hydrogen (secondary N) is 2. The van der Waals surface area contributed by atoms with E-state index in [0.717, 1.165) is 25.8 Å². The van der Waals surface area contributed by atoms with Gasteiger partial charge < -0.3 is 20.1 Å². The van der Waals surface area contributed by atoms with E-state index >= 15 is 0 Å². The Kier molecular flexibility index (Phi) is 7.06. The largest absolute Gasteiger partial charge is 0.444 e. The summed E-state index contributed by atoms with van der Waals surface area (Å²) < 4.78 is 11.1. The Balaban J connectivity index is 1.44. The lowest BCUT2D eigenvalue weighted by Gasteiger charge is -2.35. The minimum atomic E-state index is -0.441. The van der Waals surface area contributed by atoms with E-state index in [1.54, 1.807) is 0 Å². The van der Waals surface area contributed by atoms with E-state index in [4.69, 9.17) is 9.47 Å². The van der Waals surface area contributed by atoms with Crippen LogP contribution in [-0.4, -0.2) is 36.9 Å². The Morgan fingerprint density at radius 3 is 2.54 bits per heavy atom. The number of alkyl carbamates (subject to hydrolysis) is 1. The molecule has 1 aliphatic rings. The van der Waals surface area contributed by atoms with Crippen molar-refractivity contribution < 1.29 is 14.3 Å². The van der Waals surface area contributed by atoms with Crippen molar-refractivity contribution in [3.63, 3.8) is 0 Å². The number of hydrogen-bond donors (Lipinski definition) is 2. The first-order valence-electron chi connectivity index (χ1n) is 8.78. The molecule has 2 N–H and O–H groups in total. The number of amides is 1. The van der Waals surface area contributed by atoms with E-state index in [1.165, 1.54) is 5.56 Å². The van der Waals surface area contributed by atoms with Gasteiger partial charge in [0.05, 0.1) is 12.7 Å². The summed E-state index contributed by atoms with van der Waals surface area (Å²) >= 11 is 0. The molecular formula is C19H30N2O3. The van der Waals surface area contributed by atoms with Gasteiger partial charge in [-0.05, 0) is 52.1 Å². The zero-order valence-corrected chi connectivity index (χ0v) is 15.0. The van der Waals surface area contributed by atoms with Crippen LogP contribution in [0.1, 0.15) is 45.6 Å². The minimum absolute atomic E-state index is 0.347. The van der Waals surface area contributed by atoms with Gasteiger partial charge in [-0.1, -0.05) is 30.3 Å². The Bertz CT molecular complexity index is 493. The highest BCUT2D eigenvalue weighted by Gasteiger charge is 2.29. The maximum absolute atomic E-state index is 11.5. The highest BCUT2D eigenvalue weighted by molar-refractivity contribution is 5.67. The third kappa shape index (κ3) is 7.32. The van der Waals surface area contributed by atoms with Crippen molar-refractivity contribution in [3.05, 3.63) is 35.9 Å². The predicted molar refractivity (Wildman–Crippen MR) is 94.9 cm³/mol. The number of carbonyl (C=O) groups excluding carboxylic acids is 1. The van der Waals surface area contributed by atoms with Crippen molar-refractivity contribution >= 4 is 6.09 Å². The Morgan fingerprint density at radius 1 is 1.17 bits per heavy atom. The molecule has 1 fully saturated rings. The fraction of sp³-hybridized carbons (Fsp3) is 0.632. The number of ether oxygens (including phenoxy) is 2. The molecule has 0 bridgehead atoms. The number of benzene rings is 1. The molecule has 2 rings (SSSR count). The van der Waals surface area contributed by atoms with Gasteiger partial charge in [-0.15, -0.1) is 0 Å². The van der Waals surface area contributed by atoms with Crippen LogP contribution in [0.4, 0.5) is 4.79 Å². The first kappa shape index (κ1) is 18.7. The second-order valence-electron chi connectivity index (χ2n) is 7.32. The van der Waals surface area contributed by atoms with Gasteiger partial charge in [-0.2, -0.15) is 0 Å². The third-order valence-corrected chi connectivity index (χ3v) is 3.88. The number of carbonyl (C=O) groups is 1. The van der Waals surface area contributed by atoms with Crippen LogP contribution in [-0.2, 0) is 16.1 Å². The summed E-state index contributed by atoms with van der Waals surface area (Å²) in [4.78, 5) is 11.5. The molecule has 5 nitrogen and oxygen atoms in total. The second-order valence-corrected chi connectivity index (χ2v) is 7.32. The highest BCUT2D eigenvalue weighted by Crippen LogP contribution is 2.24. The van der Waals surface area contributed by atoms with Crippen molar-refractivity contribution in [1.82, 2.24) is 10.6 Å². The van der Waals surface area contributed by atoms with E-state index in [9.17, 15) is 4.79 Å². The molecule has 24 heavy (non-hydrogen) atoms. The van der Waals surface area contributed by atoms with E-state index in [-0.39, 0.29) is 6.09 Å². The molecule has 1 amide bonds. The molecule has 0 spiro atoms. The molecule has 1 aliphatic carbocycles. The first-order chi connectivity index (χ1) is 11.4. The van der Waals surface area contributed by atoms with Crippen LogP contribution in [0.5, 0.6) is 0 Å². The zero-order valence-electron chi connectivity index (χ0n) is 15.0. The molecule has 1 aromatic rings. The van der Waals surface area contributed by atoms with Crippen LogP contribution in [0.3, 0.4) is 0 Å². The molecule has 1 saturated carbocycles. The summed E-state index contributed by atoms with van der Waals surface area (Å²) in [6.07, 6.45) is 3.03. The lowest BCUT2D eigenvalue weighted by atomic mass is 9.89. The van der Waals surface area contributed by atoms with E-state index in [0.29, 0.717) is 25.3 Å². The monoisotopic (exact) mass is 334 g/mol. The van der Waals surface area contributed by atoms with Gasteiger partial charge in [-0.3, -0.25) is 0 Å². The Hall–Kier alpha value is -1.59. The number of rotatable bonds is 8. The highest BCUT2D eigenvalue weighted by atomic mass is 16.6. The molecule has 0 atom stereocenters. The van der Waals surface area contributed by atoms with Crippen molar-refractivity contribution in [1.29, 1.82) is 0 Å². The number of hydrogen-bond acceptors (Lipinski definition) is 4. The molecule has 1 aromatic carbocycles. The van der Waals surface area contributed by atoms with Gasteiger partial charge in [0.15, 0.2) is 0 Å². The zero-order chi connectivity index (χ0) is 17.4. The molecule has 0 heterocycles. The topological polar surface area (TPSA) is 59.6 Å². The SMILES string of the molecule is CC(C)(C)OC(=O)NCCCN[C@H]1C[C@H](OCc2ccccc2)C1. The van der Waals surface area contributed by atoms with Crippen molar-refractivity contribution in [3.8, 4) is 0 Å². The third-order valence-electron chi connectivity index (χ3n) is 3.88. The normalized spacial score (nSPS) is 20.3. The Morgan fingerprint density at radius 2 is 1.88 bits per heavy atom. The maximum atomic E-state index is 11.5. The fourth-order valence-corrected chi connectivity index (χ4v) is 2.56. The van der Waals surface area contributed by atoms with E-state index in [1.807, 2.05) is 39.0 Å². The average molecular weight is 334 g/mol. The quantitative estimate of drug-likeness (QED) is 0.717. The Labute approximate surface area is 145 Å². The van der Waals surface area contributed by atoms with E-state index in [2.05, 4.69) is 22.8 Å². The lowest BCUT2D eigenvalue weighted by Crippen LogP contribution is -2.46. The van der Waals surface area contributed by atoms with Crippen molar-refractivity contribution in [2.45, 2.75) is 64.4 Å². The molecule has 0 radical (unpaired) electrons. The summed E-state index contributed by atoms with van der Waals surface area (Å²) in [6.45, 7) is 7.80. The van der Waals surface area contributed by atoms with Gasteiger partial charge in [0.2, 0.25) is 0 Å². The predicted octanol–water partition coefficient (Wildman–Crippen LogP) is 3.24. The molecule has 0 saturated heterocycles. The summed E-state index contributed by atoms with van der Waals surface area (Å²) in [5, 5.41) is 6.27. The standard InChI is InChI=1S/C19H30N2O3/c1-19(2,3)24-18(22)21-11-7-10-20-16-12-17(13-16)23-14-15-8-5-4-6-9-15/h4-6,8-9,16-17,20H,7,10-14H2,1-3H3,(H,21,22)/t16-,17-. The van der Waals surface area contributed by atoms with Gasteiger partial charge in [-0.25, -0.2) is 4.79 Å². The van der Waals surface area contributed by atoms with Crippen molar-refractivity contribution in [2.24, 2.45) is 0 Å². The van der Waals surface area contributed by atoms with E-state index < -0.39 is 5.60 Å². The molecule has 5 heteroatoms. The van der Waals surface area contributed by atoms with Crippen molar-refractivity contribution in [2.75, 3.05) is 13.1 Å². The minimum Gasteiger partial charge on any atom is -0.444 e. The van der Waals surface area contributed by atoms with Crippen LogP contribution in [0.2, 0.25) is 0 Å². The van der Waals surface area contributed by atoms with Gasteiger partial charge in [0, 0.05) is 12.6 Å². The summed E-state index contributed by atoms with van der Waals surface area (Å²) in [6, 6.07) is 10.8. The van der Waals surface area contributed by atoms with Gasteiger partial charge >= 0.3 is 6.09 Å². The second kappa shape index (κ2) is 9.04. The smallest absolute Gasteiger partial charge is 0.407 e. The summed E-state index contributed by atoms with van der Waals surface area (Å²) in [5.74, 6) is 0. The van der Waals surface area contributed by atoms with Crippen LogP contribution >= 0.6 is 0 Å². The molecule has 134 valence electrons. The lowest BCUT2D eigenvalue weighted by molar-refractivity contribution is -0.0264. The summed E-state index contributed by atoms with van der Waals surface area (Å²) in [5.41, 5.74) is 0.783. The van der Waals surface area contributed by atoms with Crippen LogP contribution < -0.4 is 10.6 Å². The van der Waals surface area contributed by atoms with Crippen LogP contribution in [0, 0.1) is 0 Å². The molecule has 0 aromatic heterocycles. The van der Waals surface area contributed by atoms with Crippen LogP contribution in [0.15, 0.2) is 30.3 Å². The molecular weight excluding hydrogens is 304 g/mol. The van der Waals surface area contributed by atoms with Crippen LogP contribution in [0.25, 0.3) is 0 Å². The summed E-state index contributed by atoms with van der Waals surface area (Å²) in [7, 11) is 0. The molecule has 0 aliphatic heterocycles. The fourth-order valence-electron chi connectivity index (χ4n) is 2.56. The average Bonchev–Trinajstić information content (AvgIpc) is 2.47. The van der Waals surface area contributed by atoms with Gasteiger partial charge in [0.1, 0.15) is 5.60 Å². The molecule has 0 unspecified atom stereocenters.